The maximum atomic E-state index is 11.8. The van der Waals surface area contributed by atoms with Crippen LogP contribution >= 0.6 is 11.3 Å². The molecule has 0 aromatic carbocycles. The van der Waals surface area contributed by atoms with Crippen LogP contribution in [0, 0.1) is 0 Å². The molecule has 3 rings (SSSR count). The summed E-state index contributed by atoms with van der Waals surface area (Å²) in [5.41, 5.74) is 12.3. The highest BCUT2D eigenvalue weighted by molar-refractivity contribution is 7.12. The average Bonchev–Trinajstić information content (AvgIpc) is 3.34. The van der Waals surface area contributed by atoms with E-state index in [0.29, 0.717) is 61.0 Å². The van der Waals surface area contributed by atoms with Crippen LogP contribution in [0.5, 0.6) is 0 Å². The van der Waals surface area contributed by atoms with Crippen molar-refractivity contribution in [1.29, 1.82) is 0 Å². The van der Waals surface area contributed by atoms with E-state index in [4.69, 9.17) is 16.2 Å². The van der Waals surface area contributed by atoms with E-state index in [2.05, 4.69) is 32.2 Å². The normalized spacial score (nSPS) is 19.3. The number of nitrogens with one attached hydrogen (secondary N) is 2. The van der Waals surface area contributed by atoms with Gasteiger partial charge in [-0.25, -0.2) is 19.8 Å². The lowest BCUT2D eigenvalue weighted by Crippen LogP contribution is -2.40. The number of hydrogen-bond acceptors (Lipinski definition) is 9. The third-order valence-electron chi connectivity index (χ3n) is 4.44. The Kier molecular flexibility index (Phi) is 6.87. The topological polar surface area (TPSA) is 164 Å². The molecule has 3 amide bonds. The second kappa shape index (κ2) is 9.57. The number of urea groups is 1. The lowest BCUT2D eigenvalue weighted by Gasteiger charge is -2.29. The van der Waals surface area contributed by atoms with Gasteiger partial charge in [-0.3, -0.25) is 10.1 Å². The highest BCUT2D eigenvalue weighted by Gasteiger charge is 2.32. The summed E-state index contributed by atoms with van der Waals surface area (Å²) in [6, 6.07) is -0.420. The van der Waals surface area contributed by atoms with Crippen molar-refractivity contribution in [3.8, 4) is 0 Å². The van der Waals surface area contributed by atoms with Crippen LogP contribution in [0.15, 0.2) is 39.3 Å². The minimum atomic E-state index is -0.624. The van der Waals surface area contributed by atoms with Crippen LogP contribution in [-0.2, 0) is 4.74 Å². The van der Waals surface area contributed by atoms with Crippen molar-refractivity contribution in [2.75, 3.05) is 39.9 Å². The molecule has 166 valence electrons. The van der Waals surface area contributed by atoms with Crippen LogP contribution in [0.3, 0.4) is 0 Å². The van der Waals surface area contributed by atoms with Gasteiger partial charge in [0.05, 0.1) is 13.2 Å². The molecule has 1 saturated heterocycles. The molecule has 31 heavy (non-hydrogen) atoms. The number of amides is 3. The van der Waals surface area contributed by atoms with Crippen molar-refractivity contribution in [3.05, 3.63) is 40.0 Å². The molecule has 0 bridgehead atoms. The van der Waals surface area contributed by atoms with Gasteiger partial charge in [-0.1, -0.05) is 6.58 Å². The molecule has 12 nitrogen and oxygen atoms in total. The van der Waals surface area contributed by atoms with Crippen LogP contribution in [0.25, 0.3) is 0 Å². The first-order valence-electron chi connectivity index (χ1n) is 9.55. The number of amidine groups is 2. The number of thiazole rings is 1. The molecule has 0 spiro atoms. The van der Waals surface area contributed by atoms with Gasteiger partial charge in [0.15, 0.2) is 16.7 Å². The van der Waals surface area contributed by atoms with Crippen molar-refractivity contribution in [1.82, 2.24) is 25.4 Å². The van der Waals surface area contributed by atoms with E-state index in [0.717, 1.165) is 0 Å². The number of hydrogen-bond donors (Lipinski definition) is 4. The Morgan fingerprint density at radius 3 is 2.68 bits per heavy atom. The second-order valence-electron chi connectivity index (χ2n) is 6.60. The highest BCUT2D eigenvalue weighted by atomic mass is 32.1. The molecule has 1 aromatic rings. The lowest BCUT2D eigenvalue weighted by atomic mass is 10.3. The minimum absolute atomic E-state index is 0.119. The number of nitrogens with zero attached hydrogens (tertiary/aromatic N) is 5. The molecule has 1 fully saturated rings. The molecule has 1 aromatic heterocycles. The zero-order chi connectivity index (χ0) is 22.5. The molecule has 13 heteroatoms. The monoisotopic (exact) mass is 447 g/mol. The van der Waals surface area contributed by atoms with Crippen molar-refractivity contribution in [2.45, 2.75) is 6.92 Å². The van der Waals surface area contributed by atoms with Gasteiger partial charge in [-0.15, -0.1) is 11.3 Å². The maximum absolute atomic E-state index is 11.8. The second-order valence-corrected chi connectivity index (χ2v) is 7.45. The largest absolute Gasteiger partial charge is 0.383 e. The summed E-state index contributed by atoms with van der Waals surface area (Å²) >= 11 is 1.23. The smallest absolute Gasteiger partial charge is 0.320 e. The van der Waals surface area contributed by atoms with E-state index in [1.54, 1.807) is 24.3 Å². The molecule has 3 heterocycles. The van der Waals surface area contributed by atoms with Gasteiger partial charge in [0.25, 0.3) is 5.91 Å². The summed E-state index contributed by atoms with van der Waals surface area (Å²) in [5.74, 6) is 0.750. The van der Waals surface area contributed by atoms with E-state index in [9.17, 15) is 9.59 Å². The maximum Gasteiger partial charge on any atom is 0.320 e. The summed E-state index contributed by atoms with van der Waals surface area (Å²) in [6.45, 7) is 8.38. The number of aromatic nitrogens is 1. The van der Waals surface area contributed by atoms with Crippen LogP contribution < -0.4 is 22.1 Å². The first-order valence-corrected chi connectivity index (χ1v) is 10.4. The molecule has 6 N–H and O–H groups in total. The van der Waals surface area contributed by atoms with Gasteiger partial charge < -0.3 is 31.3 Å². The van der Waals surface area contributed by atoms with Crippen LogP contribution in [0.4, 0.5) is 4.79 Å². The number of primary amides is 1. The van der Waals surface area contributed by atoms with Gasteiger partial charge in [0.2, 0.25) is 0 Å². The minimum Gasteiger partial charge on any atom is -0.383 e. The highest BCUT2D eigenvalue weighted by Crippen LogP contribution is 2.25. The fourth-order valence-corrected chi connectivity index (χ4v) is 3.75. The Labute approximate surface area is 183 Å². The Morgan fingerprint density at radius 2 is 2.06 bits per heavy atom. The van der Waals surface area contributed by atoms with Gasteiger partial charge in [-0.05, 0) is 6.92 Å². The van der Waals surface area contributed by atoms with E-state index >= 15 is 0 Å². The summed E-state index contributed by atoms with van der Waals surface area (Å²) < 4.78 is 5.39. The van der Waals surface area contributed by atoms with E-state index in [1.165, 1.54) is 11.3 Å². The van der Waals surface area contributed by atoms with Crippen molar-refractivity contribution in [3.63, 3.8) is 0 Å². The number of morpholine rings is 1. The molecule has 0 aliphatic carbocycles. The van der Waals surface area contributed by atoms with Gasteiger partial charge in [-0.2, -0.15) is 0 Å². The molecular weight excluding hydrogens is 422 g/mol. The zero-order valence-electron chi connectivity index (χ0n) is 17.3. The summed E-state index contributed by atoms with van der Waals surface area (Å²) in [4.78, 5) is 40.2. The molecule has 0 saturated carbocycles. The van der Waals surface area contributed by atoms with Crippen molar-refractivity contribution in [2.24, 2.45) is 21.5 Å². The van der Waals surface area contributed by atoms with E-state index in [1.807, 2.05) is 4.90 Å². The van der Waals surface area contributed by atoms with Crippen molar-refractivity contribution < 1.29 is 14.3 Å². The molecule has 0 atom stereocenters. The number of nitrogens with two attached hydrogens (primary N) is 2. The number of likely N-dealkylation sites (N-methyl/N-ethyl adjacent to an activating group) is 1. The Bertz CT molecular complexity index is 976. The molecule has 2 aliphatic rings. The lowest BCUT2D eigenvalue weighted by molar-refractivity contribution is 0.0526. The van der Waals surface area contributed by atoms with Gasteiger partial charge in [0, 0.05) is 32.1 Å². The Morgan fingerprint density at radius 1 is 1.35 bits per heavy atom. The Hall–Kier alpha value is -3.45. The fourth-order valence-electron chi connectivity index (χ4n) is 2.92. The number of ether oxygens (including phenoxy) is 1. The molecular formula is C18H25N9O3S. The number of carbonyl (C=O) groups excluding carboxylic acids is 2. The number of carbonyl (C=O) groups is 2. The van der Waals surface area contributed by atoms with E-state index < -0.39 is 11.9 Å². The molecule has 2 aliphatic heterocycles. The van der Waals surface area contributed by atoms with Gasteiger partial charge >= 0.3 is 6.03 Å². The average molecular weight is 448 g/mol. The zero-order valence-corrected chi connectivity index (χ0v) is 18.2. The first-order chi connectivity index (χ1) is 14.8. The number of rotatable bonds is 6. The fraction of sp³-hybridized carbons (Fsp3) is 0.389. The third kappa shape index (κ3) is 5.00. The van der Waals surface area contributed by atoms with Gasteiger partial charge in [0.1, 0.15) is 23.0 Å². The standard InChI is InChI=1S/C18H25N9O3S/c1-4-21-18(29)23-10(2)22-15-12(13(19)27-5-7-30-8-6-27)25-16(26(15)3)17-24-11(9-31-17)14(20)28/h9H,2,4-8,19H2,1,3H3,(H2,20,28)(H2,21,23,29)/b13-12-,22-15+. The SMILES string of the molecule is C=C(/N=C1\C(=C(/N)N2CCOCC2)N=C(c2nc(C(N)=O)cs2)N1C)NC(=O)NCC. The van der Waals surface area contributed by atoms with Crippen molar-refractivity contribution >= 4 is 34.9 Å². The quantitative estimate of drug-likeness (QED) is 0.460. The Balaban J connectivity index is 1.99. The predicted octanol–water partition coefficient (Wildman–Crippen LogP) is -0.417. The van der Waals surface area contributed by atoms with Crippen LogP contribution in [0.1, 0.15) is 22.4 Å². The number of aliphatic imine (C=N–C) groups is 2. The van der Waals surface area contributed by atoms with E-state index in [-0.39, 0.29) is 11.5 Å². The molecule has 0 unspecified atom stereocenters. The summed E-state index contributed by atoms with van der Waals surface area (Å²) in [5, 5.41) is 7.22. The molecule has 0 radical (unpaired) electrons. The van der Waals surface area contributed by atoms with Crippen LogP contribution in [-0.4, -0.2) is 78.3 Å². The summed E-state index contributed by atoms with van der Waals surface area (Å²) in [7, 11) is 1.74. The van der Waals surface area contributed by atoms with Crippen LogP contribution in [0.2, 0.25) is 0 Å². The predicted molar refractivity (Wildman–Crippen MR) is 117 cm³/mol. The third-order valence-corrected chi connectivity index (χ3v) is 5.28. The first kappa shape index (κ1) is 22.2. The summed E-state index contributed by atoms with van der Waals surface area (Å²) in [6.07, 6.45) is 0.